The van der Waals surface area contributed by atoms with Gasteiger partial charge in [-0.2, -0.15) is 0 Å². The lowest BCUT2D eigenvalue weighted by Gasteiger charge is -2.30. The third kappa shape index (κ3) is 3.85. The minimum absolute atomic E-state index is 0.612. The molecule has 1 aliphatic heterocycles. The average Bonchev–Trinajstić information content (AvgIpc) is 2.54. The molecule has 0 radical (unpaired) electrons. The van der Waals surface area contributed by atoms with Gasteiger partial charge in [0, 0.05) is 36.4 Å². The van der Waals surface area contributed by atoms with Crippen LogP contribution in [-0.2, 0) is 6.54 Å². The van der Waals surface area contributed by atoms with Gasteiger partial charge in [0.25, 0.3) is 0 Å². The van der Waals surface area contributed by atoms with Crippen LogP contribution in [0.15, 0.2) is 18.2 Å². The van der Waals surface area contributed by atoms with Crippen LogP contribution in [0.25, 0.3) is 0 Å². The van der Waals surface area contributed by atoms with E-state index in [1.807, 2.05) is 12.1 Å². The average molecular weight is 282 g/mol. The molecule has 1 aromatic carbocycles. The van der Waals surface area contributed by atoms with Crippen molar-refractivity contribution in [2.75, 3.05) is 32.4 Å². The molecule has 1 saturated heterocycles. The van der Waals surface area contributed by atoms with Gasteiger partial charge in [-0.3, -0.25) is 4.90 Å². The van der Waals surface area contributed by atoms with Crippen LogP contribution >= 0.6 is 11.6 Å². The SMILES string of the molecule is CCC1CN(C)CCCN1Cc1ccc(N)cc1Cl. The summed E-state index contributed by atoms with van der Waals surface area (Å²) in [6, 6.07) is 6.45. The number of halogens is 1. The van der Waals surface area contributed by atoms with E-state index in [1.54, 1.807) is 0 Å². The number of benzene rings is 1. The molecule has 0 bridgehead atoms. The lowest BCUT2D eigenvalue weighted by molar-refractivity contribution is 0.176. The third-order valence-electron chi connectivity index (χ3n) is 3.95. The molecular weight excluding hydrogens is 258 g/mol. The predicted molar refractivity (Wildman–Crippen MR) is 82.5 cm³/mol. The molecule has 1 unspecified atom stereocenters. The Morgan fingerprint density at radius 1 is 1.37 bits per heavy atom. The fraction of sp³-hybridized carbons (Fsp3) is 0.600. The molecule has 1 fully saturated rings. The Hall–Kier alpha value is -0.770. The van der Waals surface area contributed by atoms with Gasteiger partial charge in [-0.15, -0.1) is 0 Å². The molecule has 0 aliphatic carbocycles. The summed E-state index contributed by atoms with van der Waals surface area (Å²) in [5, 5.41) is 0.785. The third-order valence-corrected chi connectivity index (χ3v) is 4.30. The molecule has 2 rings (SSSR count). The molecule has 1 aromatic rings. The highest BCUT2D eigenvalue weighted by Crippen LogP contribution is 2.23. The lowest BCUT2D eigenvalue weighted by Crippen LogP contribution is -2.39. The standard InChI is InChI=1S/C15H24ClN3/c1-3-14-11-18(2)7-4-8-19(14)10-12-5-6-13(17)9-15(12)16/h5-6,9,14H,3-4,7-8,10-11,17H2,1-2H3. The molecule has 1 atom stereocenters. The maximum Gasteiger partial charge on any atom is 0.0471 e. The van der Waals surface area contributed by atoms with Crippen molar-refractivity contribution in [3.8, 4) is 0 Å². The Labute approximate surface area is 121 Å². The van der Waals surface area contributed by atoms with Crippen LogP contribution in [0.3, 0.4) is 0 Å². The van der Waals surface area contributed by atoms with Crippen molar-refractivity contribution < 1.29 is 0 Å². The number of nitrogen functional groups attached to an aromatic ring is 1. The normalized spacial score (nSPS) is 22.4. The molecular formula is C15H24ClN3. The van der Waals surface area contributed by atoms with Crippen molar-refractivity contribution in [1.29, 1.82) is 0 Å². The first kappa shape index (κ1) is 14.6. The van der Waals surface area contributed by atoms with Gasteiger partial charge < -0.3 is 10.6 Å². The van der Waals surface area contributed by atoms with Gasteiger partial charge in [0.2, 0.25) is 0 Å². The largest absolute Gasteiger partial charge is 0.399 e. The number of nitrogens with two attached hydrogens (primary N) is 1. The van der Waals surface area contributed by atoms with Gasteiger partial charge in [0.1, 0.15) is 0 Å². The van der Waals surface area contributed by atoms with E-state index in [-0.39, 0.29) is 0 Å². The van der Waals surface area contributed by atoms with Crippen molar-refractivity contribution >= 4 is 17.3 Å². The summed E-state index contributed by atoms with van der Waals surface area (Å²) in [5.41, 5.74) is 7.66. The van der Waals surface area contributed by atoms with Gasteiger partial charge in [0.15, 0.2) is 0 Å². The predicted octanol–water partition coefficient (Wildman–Crippen LogP) is 2.84. The van der Waals surface area contributed by atoms with E-state index in [1.165, 1.54) is 24.9 Å². The Balaban J connectivity index is 2.11. The second kappa shape index (κ2) is 6.60. The van der Waals surface area contributed by atoms with Crippen LogP contribution in [-0.4, -0.2) is 42.5 Å². The van der Waals surface area contributed by atoms with E-state index in [0.717, 1.165) is 30.3 Å². The number of nitrogens with zero attached hydrogens (tertiary/aromatic N) is 2. The number of likely N-dealkylation sites (N-methyl/N-ethyl adjacent to an activating group) is 1. The highest BCUT2D eigenvalue weighted by atomic mass is 35.5. The molecule has 1 aliphatic rings. The Bertz CT molecular complexity index is 422. The van der Waals surface area contributed by atoms with Crippen molar-refractivity contribution in [3.63, 3.8) is 0 Å². The maximum absolute atomic E-state index is 6.29. The zero-order valence-electron chi connectivity index (χ0n) is 11.9. The summed E-state index contributed by atoms with van der Waals surface area (Å²) < 4.78 is 0. The molecule has 0 aromatic heterocycles. The Morgan fingerprint density at radius 2 is 2.16 bits per heavy atom. The van der Waals surface area contributed by atoms with Gasteiger partial charge >= 0.3 is 0 Å². The summed E-state index contributed by atoms with van der Waals surface area (Å²) in [5.74, 6) is 0. The van der Waals surface area contributed by atoms with Gasteiger partial charge in [-0.05, 0) is 44.1 Å². The van der Waals surface area contributed by atoms with E-state index in [9.17, 15) is 0 Å². The van der Waals surface area contributed by atoms with Gasteiger partial charge in [-0.1, -0.05) is 24.6 Å². The highest BCUT2D eigenvalue weighted by molar-refractivity contribution is 6.31. The number of hydrogen-bond acceptors (Lipinski definition) is 3. The minimum Gasteiger partial charge on any atom is -0.399 e. The van der Waals surface area contributed by atoms with Crippen molar-refractivity contribution in [1.82, 2.24) is 9.80 Å². The fourth-order valence-electron chi connectivity index (χ4n) is 2.80. The van der Waals surface area contributed by atoms with Crippen molar-refractivity contribution in [2.45, 2.75) is 32.4 Å². The Kier molecular flexibility index (Phi) is 5.08. The molecule has 4 heteroatoms. The minimum atomic E-state index is 0.612. The summed E-state index contributed by atoms with van der Waals surface area (Å²) in [4.78, 5) is 4.99. The maximum atomic E-state index is 6.29. The summed E-state index contributed by atoms with van der Waals surface area (Å²) in [6.45, 7) is 6.65. The number of hydrogen-bond donors (Lipinski definition) is 1. The van der Waals surface area contributed by atoms with E-state index in [0.29, 0.717) is 6.04 Å². The van der Waals surface area contributed by atoms with Crippen LogP contribution < -0.4 is 5.73 Å². The molecule has 106 valence electrons. The summed E-state index contributed by atoms with van der Waals surface area (Å²) in [7, 11) is 2.21. The zero-order chi connectivity index (χ0) is 13.8. The van der Waals surface area contributed by atoms with Gasteiger partial charge in [-0.25, -0.2) is 0 Å². The second-order valence-electron chi connectivity index (χ2n) is 5.50. The molecule has 0 spiro atoms. The molecule has 3 nitrogen and oxygen atoms in total. The molecule has 1 heterocycles. The quantitative estimate of drug-likeness (QED) is 0.865. The summed E-state index contributed by atoms with van der Waals surface area (Å²) >= 11 is 6.29. The number of rotatable bonds is 3. The zero-order valence-corrected chi connectivity index (χ0v) is 12.7. The summed E-state index contributed by atoms with van der Waals surface area (Å²) in [6.07, 6.45) is 2.40. The molecule has 0 amide bonds. The van der Waals surface area contributed by atoms with E-state index >= 15 is 0 Å². The van der Waals surface area contributed by atoms with E-state index in [4.69, 9.17) is 17.3 Å². The van der Waals surface area contributed by atoms with Crippen LogP contribution in [0.4, 0.5) is 5.69 Å². The first-order valence-electron chi connectivity index (χ1n) is 7.06. The monoisotopic (exact) mass is 281 g/mol. The van der Waals surface area contributed by atoms with Crippen molar-refractivity contribution in [2.24, 2.45) is 0 Å². The van der Waals surface area contributed by atoms with Gasteiger partial charge in [0.05, 0.1) is 0 Å². The van der Waals surface area contributed by atoms with Crippen LogP contribution in [0, 0.1) is 0 Å². The fourth-order valence-corrected chi connectivity index (χ4v) is 3.05. The lowest BCUT2D eigenvalue weighted by atomic mass is 10.1. The molecule has 0 saturated carbocycles. The Morgan fingerprint density at radius 3 is 2.84 bits per heavy atom. The molecule has 2 N–H and O–H groups in total. The topological polar surface area (TPSA) is 32.5 Å². The second-order valence-corrected chi connectivity index (χ2v) is 5.91. The smallest absolute Gasteiger partial charge is 0.0471 e. The first-order valence-corrected chi connectivity index (χ1v) is 7.44. The van der Waals surface area contributed by atoms with Crippen LogP contribution in [0.2, 0.25) is 5.02 Å². The molecule has 19 heavy (non-hydrogen) atoms. The van der Waals surface area contributed by atoms with E-state index in [2.05, 4.69) is 29.8 Å². The van der Waals surface area contributed by atoms with Crippen molar-refractivity contribution in [3.05, 3.63) is 28.8 Å². The highest BCUT2D eigenvalue weighted by Gasteiger charge is 2.22. The first-order chi connectivity index (χ1) is 9.10. The van der Waals surface area contributed by atoms with Crippen LogP contribution in [0.5, 0.6) is 0 Å². The van der Waals surface area contributed by atoms with E-state index < -0.39 is 0 Å². The van der Waals surface area contributed by atoms with Crippen LogP contribution in [0.1, 0.15) is 25.3 Å². The number of anilines is 1.